The van der Waals surface area contributed by atoms with Gasteiger partial charge >= 0.3 is 5.69 Å². The topological polar surface area (TPSA) is 46.4 Å². The van der Waals surface area contributed by atoms with Crippen molar-refractivity contribution < 1.29 is 9.31 Å². The second-order valence-corrected chi connectivity index (χ2v) is 6.70. The van der Waals surface area contributed by atoms with E-state index in [1.165, 1.54) is 6.07 Å². The molecular weight excluding hydrogens is 255 g/mol. The SMILES string of the molecule is CC1(C)CN(c2cccc(F)c2[N+](=O)[O-])CCS1. The normalized spacial score (nSPS) is 18.7. The fraction of sp³-hybridized carbons (Fsp3) is 0.500. The van der Waals surface area contributed by atoms with Gasteiger partial charge in [-0.3, -0.25) is 10.1 Å². The van der Waals surface area contributed by atoms with Crippen LogP contribution in [-0.2, 0) is 0 Å². The Labute approximate surface area is 109 Å². The number of nitrogens with zero attached hydrogens (tertiary/aromatic N) is 2. The molecule has 0 unspecified atom stereocenters. The standard InChI is InChI=1S/C12H15FN2O2S/c1-12(2)8-14(6-7-18-12)10-5-3-4-9(13)11(10)15(16)17/h3-5H,6-8H2,1-2H3. The minimum Gasteiger partial charge on any atom is -0.364 e. The van der Waals surface area contributed by atoms with Crippen molar-refractivity contribution in [1.82, 2.24) is 0 Å². The zero-order chi connectivity index (χ0) is 13.3. The summed E-state index contributed by atoms with van der Waals surface area (Å²) in [4.78, 5) is 12.2. The third-order valence-corrected chi connectivity index (χ3v) is 4.21. The maximum atomic E-state index is 13.6. The average molecular weight is 270 g/mol. The molecule has 0 spiro atoms. The van der Waals surface area contributed by atoms with Crippen molar-refractivity contribution in [2.75, 3.05) is 23.7 Å². The molecule has 98 valence electrons. The van der Waals surface area contributed by atoms with E-state index in [0.717, 1.165) is 11.8 Å². The lowest BCUT2D eigenvalue weighted by atomic mass is 10.1. The van der Waals surface area contributed by atoms with E-state index >= 15 is 0 Å². The summed E-state index contributed by atoms with van der Waals surface area (Å²) in [5.41, 5.74) is -0.0337. The van der Waals surface area contributed by atoms with Crippen LogP contribution in [-0.4, -0.2) is 28.5 Å². The highest BCUT2D eigenvalue weighted by Gasteiger charge is 2.31. The van der Waals surface area contributed by atoms with E-state index < -0.39 is 16.4 Å². The number of halogens is 1. The van der Waals surface area contributed by atoms with Crippen molar-refractivity contribution in [3.8, 4) is 0 Å². The largest absolute Gasteiger partial charge is 0.364 e. The number of rotatable bonds is 2. The molecule has 1 aromatic carbocycles. The Morgan fingerprint density at radius 3 is 2.83 bits per heavy atom. The van der Waals surface area contributed by atoms with Gasteiger partial charge < -0.3 is 4.90 Å². The maximum absolute atomic E-state index is 13.6. The Kier molecular flexibility index (Phi) is 3.47. The van der Waals surface area contributed by atoms with Gasteiger partial charge in [-0.15, -0.1) is 0 Å². The van der Waals surface area contributed by atoms with Crippen LogP contribution in [0.4, 0.5) is 15.8 Å². The zero-order valence-corrected chi connectivity index (χ0v) is 11.2. The molecule has 0 amide bonds. The van der Waals surface area contributed by atoms with Crippen molar-refractivity contribution in [3.63, 3.8) is 0 Å². The van der Waals surface area contributed by atoms with Crippen LogP contribution in [0.5, 0.6) is 0 Å². The van der Waals surface area contributed by atoms with E-state index in [9.17, 15) is 14.5 Å². The molecule has 0 atom stereocenters. The summed E-state index contributed by atoms with van der Waals surface area (Å²) in [6.07, 6.45) is 0. The van der Waals surface area contributed by atoms with Gasteiger partial charge in [0.25, 0.3) is 0 Å². The smallest absolute Gasteiger partial charge is 0.327 e. The van der Waals surface area contributed by atoms with Crippen molar-refractivity contribution >= 4 is 23.1 Å². The Balaban J connectivity index is 2.39. The lowest BCUT2D eigenvalue weighted by Crippen LogP contribution is -2.43. The molecule has 1 aromatic rings. The fourth-order valence-electron chi connectivity index (χ4n) is 2.16. The summed E-state index contributed by atoms with van der Waals surface area (Å²) < 4.78 is 13.6. The van der Waals surface area contributed by atoms with Gasteiger partial charge in [-0.25, -0.2) is 0 Å². The fourth-order valence-corrected chi connectivity index (χ4v) is 3.27. The number of hydrogen-bond donors (Lipinski definition) is 0. The van der Waals surface area contributed by atoms with Crippen LogP contribution in [0.1, 0.15) is 13.8 Å². The molecule has 18 heavy (non-hydrogen) atoms. The number of anilines is 1. The molecule has 1 aliphatic heterocycles. The van der Waals surface area contributed by atoms with Gasteiger partial charge in [-0.1, -0.05) is 6.07 Å². The van der Waals surface area contributed by atoms with Crippen molar-refractivity contribution in [3.05, 3.63) is 34.1 Å². The number of nitro groups is 1. The maximum Gasteiger partial charge on any atom is 0.327 e. The first-order valence-electron chi connectivity index (χ1n) is 5.72. The van der Waals surface area contributed by atoms with E-state index in [0.29, 0.717) is 18.8 Å². The monoisotopic (exact) mass is 270 g/mol. The first kappa shape index (κ1) is 13.1. The van der Waals surface area contributed by atoms with Crippen molar-refractivity contribution in [2.24, 2.45) is 0 Å². The molecule has 1 aliphatic rings. The molecule has 6 heteroatoms. The van der Waals surface area contributed by atoms with E-state index in [-0.39, 0.29) is 4.75 Å². The second kappa shape index (κ2) is 4.76. The molecule has 0 aliphatic carbocycles. The van der Waals surface area contributed by atoms with Gasteiger partial charge in [0.15, 0.2) is 0 Å². The minimum atomic E-state index is -0.770. The highest BCUT2D eigenvalue weighted by Crippen LogP contribution is 2.37. The Hall–Kier alpha value is -1.30. The predicted molar refractivity (Wildman–Crippen MR) is 71.8 cm³/mol. The van der Waals surface area contributed by atoms with Crippen LogP contribution in [0, 0.1) is 15.9 Å². The number of benzene rings is 1. The lowest BCUT2D eigenvalue weighted by molar-refractivity contribution is -0.386. The van der Waals surface area contributed by atoms with Gasteiger partial charge in [0.2, 0.25) is 5.82 Å². The third-order valence-electron chi connectivity index (χ3n) is 2.91. The summed E-state index contributed by atoms with van der Waals surface area (Å²) in [5.74, 6) is 0.120. The zero-order valence-electron chi connectivity index (χ0n) is 10.4. The Bertz CT molecular complexity index is 479. The summed E-state index contributed by atoms with van der Waals surface area (Å²) in [5, 5.41) is 11.0. The van der Waals surface area contributed by atoms with Crippen LogP contribution in [0.2, 0.25) is 0 Å². The van der Waals surface area contributed by atoms with Gasteiger partial charge in [0.1, 0.15) is 5.69 Å². The van der Waals surface area contributed by atoms with Crippen LogP contribution < -0.4 is 4.90 Å². The number of hydrogen-bond acceptors (Lipinski definition) is 4. The molecule has 2 rings (SSSR count). The molecule has 0 aromatic heterocycles. The van der Waals surface area contributed by atoms with E-state index in [4.69, 9.17) is 0 Å². The predicted octanol–water partition coefficient (Wildman–Crippen LogP) is 3.07. The van der Waals surface area contributed by atoms with Crippen LogP contribution >= 0.6 is 11.8 Å². The molecule has 0 saturated carbocycles. The van der Waals surface area contributed by atoms with Gasteiger partial charge in [0.05, 0.1) is 4.92 Å². The van der Waals surface area contributed by atoms with Crippen LogP contribution in [0.15, 0.2) is 18.2 Å². The highest BCUT2D eigenvalue weighted by atomic mass is 32.2. The van der Waals surface area contributed by atoms with E-state index in [2.05, 4.69) is 13.8 Å². The van der Waals surface area contributed by atoms with Gasteiger partial charge in [-0.2, -0.15) is 16.2 Å². The first-order chi connectivity index (χ1) is 8.41. The van der Waals surface area contributed by atoms with Crippen LogP contribution in [0.25, 0.3) is 0 Å². The van der Waals surface area contributed by atoms with Crippen LogP contribution in [0.3, 0.4) is 0 Å². The molecule has 4 nitrogen and oxygen atoms in total. The number of nitro benzene ring substituents is 1. The van der Waals surface area contributed by atoms with E-state index in [1.807, 2.05) is 16.7 Å². The summed E-state index contributed by atoms with van der Waals surface area (Å²) in [6, 6.07) is 4.27. The number of thioether (sulfide) groups is 1. The van der Waals surface area contributed by atoms with E-state index in [1.54, 1.807) is 6.07 Å². The lowest BCUT2D eigenvalue weighted by Gasteiger charge is -2.38. The molecule has 0 N–H and O–H groups in total. The summed E-state index contributed by atoms with van der Waals surface area (Å²) >= 11 is 1.83. The van der Waals surface area contributed by atoms with Crippen molar-refractivity contribution in [1.29, 1.82) is 0 Å². The highest BCUT2D eigenvalue weighted by molar-refractivity contribution is 8.00. The molecule has 1 saturated heterocycles. The molecule has 0 radical (unpaired) electrons. The van der Waals surface area contributed by atoms with Crippen molar-refractivity contribution in [2.45, 2.75) is 18.6 Å². The number of para-hydroxylation sites is 1. The third kappa shape index (κ3) is 2.58. The quantitative estimate of drug-likeness (QED) is 0.612. The molecule has 1 fully saturated rings. The molecule has 1 heterocycles. The Morgan fingerprint density at radius 1 is 1.50 bits per heavy atom. The first-order valence-corrected chi connectivity index (χ1v) is 6.71. The summed E-state index contributed by atoms with van der Waals surface area (Å²) in [7, 11) is 0. The minimum absolute atomic E-state index is 0.0262. The van der Waals surface area contributed by atoms with Gasteiger partial charge in [-0.05, 0) is 26.0 Å². The molecule has 0 bridgehead atoms. The Morgan fingerprint density at radius 2 is 2.22 bits per heavy atom. The summed E-state index contributed by atoms with van der Waals surface area (Å²) in [6.45, 7) is 5.57. The van der Waals surface area contributed by atoms with Gasteiger partial charge in [0, 0.05) is 23.6 Å². The second-order valence-electron chi connectivity index (χ2n) is 4.89. The average Bonchev–Trinajstić information content (AvgIpc) is 2.26. The molecular formula is C12H15FN2O2S.